The van der Waals surface area contributed by atoms with Crippen molar-refractivity contribution < 1.29 is 4.84 Å². The second kappa shape index (κ2) is 4.86. The molecular formula is C15H28N2O. The number of piperidine rings is 1. The Hall–Kier alpha value is -0.540. The molecule has 0 aromatic carbocycles. The highest BCUT2D eigenvalue weighted by Crippen LogP contribution is 2.38. The monoisotopic (exact) mass is 252 g/mol. The zero-order chi connectivity index (χ0) is 13.4. The highest BCUT2D eigenvalue weighted by Gasteiger charge is 2.43. The summed E-state index contributed by atoms with van der Waals surface area (Å²) < 4.78 is 0. The van der Waals surface area contributed by atoms with E-state index in [-0.39, 0.29) is 11.1 Å². The Kier molecular flexibility index (Phi) is 3.75. The lowest BCUT2D eigenvalue weighted by atomic mass is 9.84. The maximum absolute atomic E-state index is 5.63. The van der Waals surface area contributed by atoms with E-state index in [9.17, 15) is 0 Å². The molecule has 0 aromatic rings. The molecule has 0 unspecified atom stereocenters. The van der Waals surface area contributed by atoms with Crippen molar-refractivity contribution in [3.05, 3.63) is 11.8 Å². The number of rotatable bonds is 2. The average Bonchev–Trinajstić information content (AvgIpc) is 2.27. The SMILES string of the molecule is CON1C(C)(C)C=C(N2CCCCC2)CC1(C)C. The predicted octanol–water partition coefficient (Wildman–Crippen LogP) is 3.18. The fourth-order valence-electron chi connectivity index (χ4n) is 3.68. The number of hydrogen-bond acceptors (Lipinski definition) is 3. The van der Waals surface area contributed by atoms with Crippen LogP contribution in [-0.2, 0) is 4.84 Å². The molecule has 2 rings (SSSR count). The van der Waals surface area contributed by atoms with Gasteiger partial charge in [0.1, 0.15) is 0 Å². The smallest absolute Gasteiger partial charge is 0.0611 e. The molecule has 3 heteroatoms. The molecule has 0 bridgehead atoms. The molecule has 0 saturated carbocycles. The standard InChI is InChI=1S/C15H28N2O/c1-14(2)11-13(16-9-7-6-8-10-16)12-15(3,4)17(14)18-5/h11H,6-10,12H2,1-5H3. The Morgan fingerprint density at radius 2 is 1.67 bits per heavy atom. The van der Waals surface area contributed by atoms with Gasteiger partial charge in [0.25, 0.3) is 0 Å². The van der Waals surface area contributed by atoms with E-state index in [1.165, 1.54) is 38.0 Å². The van der Waals surface area contributed by atoms with Crippen molar-refractivity contribution in [2.24, 2.45) is 0 Å². The van der Waals surface area contributed by atoms with Gasteiger partial charge in [-0.25, -0.2) is 0 Å². The van der Waals surface area contributed by atoms with Gasteiger partial charge in [0, 0.05) is 30.7 Å². The Bertz CT molecular complexity index is 327. The number of hydroxylamine groups is 2. The molecule has 104 valence electrons. The molecule has 2 aliphatic heterocycles. The van der Waals surface area contributed by atoms with Crippen molar-refractivity contribution in [2.75, 3.05) is 20.2 Å². The number of hydrogen-bond donors (Lipinski definition) is 0. The molecule has 2 aliphatic rings. The van der Waals surface area contributed by atoms with E-state index >= 15 is 0 Å². The topological polar surface area (TPSA) is 15.7 Å². The summed E-state index contributed by atoms with van der Waals surface area (Å²) in [7, 11) is 1.78. The van der Waals surface area contributed by atoms with Crippen molar-refractivity contribution in [3.63, 3.8) is 0 Å². The summed E-state index contributed by atoms with van der Waals surface area (Å²) in [4.78, 5) is 8.21. The molecule has 18 heavy (non-hydrogen) atoms. The second-order valence-corrected chi connectivity index (χ2v) is 6.80. The van der Waals surface area contributed by atoms with Crippen molar-refractivity contribution in [3.8, 4) is 0 Å². The van der Waals surface area contributed by atoms with E-state index in [0.29, 0.717) is 0 Å². The normalized spacial score (nSPS) is 28.1. The molecule has 0 atom stereocenters. The van der Waals surface area contributed by atoms with Gasteiger partial charge in [-0.05, 0) is 53.0 Å². The minimum Gasteiger partial charge on any atom is -0.375 e. The maximum atomic E-state index is 5.63. The molecule has 0 aliphatic carbocycles. The van der Waals surface area contributed by atoms with Crippen LogP contribution in [0.15, 0.2) is 11.8 Å². The predicted molar refractivity (Wildman–Crippen MR) is 75.1 cm³/mol. The summed E-state index contributed by atoms with van der Waals surface area (Å²) in [6.45, 7) is 11.5. The van der Waals surface area contributed by atoms with Crippen LogP contribution in [-0.4, -0.2) is 41.2 Å². The lowest BCUT2D eigenvalue weighted by Crippen LogP contribution is -2.58. The van der Waals surface area contributed by atoms with Gasteiger partial charge in [-0.2, -0.15) is 5.06 Å². The van der Waals surface area contributed by atoms with Crippen LogP contribution < -0.4 is 0 Å². The maximum Gasteiger partial charge on any atom is 0.0611 e. The molecule has 0 radical (unpaired) electrons. The third kappa shape index (κ3) is 2.57. The third-order valence-electron chi connectivity index (χ3n) is 4.15. The van der Waals surface area contributed by atoms with Crippen molar-refractivity contribution in [1.29, 1.82) is 0 Å². The molecule has 1 saturated heterocycles. The molecule has 1 fully saturated rings. The minimum atomic E-state index is -0.0384. The van der Waals surface area contributed by atoms with Gasteiger partial charge < -0.3 is 9.74 Å². The lowest BCUT2D eigenvalue weighted by molar-refractivity contribution is -0.240. The Labute approximate surface area is 112 Å². The van der Waals surface area contributed by atoms with Crippen molar-refractivity contribution in [1.82, 2.24) is 9.96 Å². The first-order valence-corrected chi connectivity index (χ1v) is 7.18. The van der Waals surface area contributed by atoms with Crippen LogP contribution in [0.4, 0.5) is 0 Å². The molecule has 0 amide bonds. The fourth-order valence-corrected chi connectivity index (χ4v) is 3.68. The second-order valence-electron chi connectivity index (χ2n) is 6.80. The summed E-state index contributed by atoms with van der Waals surface area (Å²) in [5.41, 5.74) is 1.53. The number of likely N-dealkylation sites (tertiary alicyclic amines) is 1. The van der Waals surface area contributed by atoms with Crippen LogP contribution in [0.5, 0.6) is 0 Å². The molecular weight excluding hydrogens is 224 g/mol. The highest BCUT2D eigenvalue weighted by molar-refractivity contribution is 5.19. The summed E-state index contributed by atoms with van der Waals surface area (Å²) >= 11 is 0. The Balaban J connectivity index is 2.24. The van der Waals surface area contributed by atoms with Gasteiger partial charge in [0.15, 0.2) is 0 Å². The van der Waals surface area contributed by atoms with E-state index in [2.05, 4.69) is 43.7 Å². The van der Waals surface area contributed by atoms with Crippen LogP contribution in [0.1, 0.15) is 53.4 Å². The zero-order valence-corrected chi connectivity index (χ0v) is 12.6. The highest BCUT2D eigenvalue weighted by atomic mass is 16.7. The van der Waals surface area contributed by atoms with Gasteiger partial charge in [0.05, 0.1) is 12.6 Å². The van der Waals surface area contributed by atoms with E-state index in [4.69, 9.17) is 4.84 Å². The van der Waals surface area contributed by atoms with Crippen molar-refractivity contribution in [2.45, 2.75) is 64.5 Å². The molecule has 0 N–H and O–H groups in total. The van der Waals surface area contributed by atoms with Gasteiger partial charge >= 0.3 is 0 Å². The van der Waals surface area contributed by atoms with E-state index in [1.54, 1.807) is 7.11 Å². The van der Waals surface area contributed by atoms with Gasteiger partial charge in [0.2, 0.25) is 0 Å². The van der Waals surface area contributed by atoms with Gasteiger partial charge in [-0.15, -0.1) is 0 Å². The Morgan fingerprint density at radius 1 is 1.06 bits per heavy atom. The first-order valence-electron chi connectivity index (χ1n) is 7.18. The lowest BCUT2D eigenvalue weighted by Gasteiger charge is -2.51. The van der Waals surface area contributed by atoms with E-state index in [0.717, 1.165) is 6.42 Å². The quantitative estimate of drug-likeness (QED) is 0.750. The molecule has 3 nitrogen and oxygen atoms in total. The largest absolute Gasteiger partial charge is 0.375 e. The first-order chi connectivity index (χ1) is 8.37. The third-order valence-corrected chi connectivity index (χ3v) is 4.15. The summed E-state index contributed by atoms with van der Waals surface area (Å²) in [6, 6.07) is 0. The van der Waals surface area contributed by atoms with Gasteiger partial charge in [-0.1, -0.05) is 0 Å². The van der Waals surface area contributed by atoms with Gasteiger partial charge in [-0.3, -0.25) is 0 Å². The van der Waals surface area contributed by atoms with Crippen molar-refractivity contribution >= 4 is 0 Å². The summed E-state index contributed by atoms with van der Waals surface area (Å²) in [5, 5.41) is 2.13. The van der Waals surface area contributed by atoms with Crippen LogP contribution in [0.25, 0.3) is 0 Å². The summed E-state index contributed by atoms with van der Waals surface area (Å²) in [6.07, 6.45) is 7.54. The van der Waals surface area contributed by atoms with E-state index < -0.39 is 0 Å². The fraction of sp³-hybridized carbons (Fsp3) is 0.867. The van der Waals surface area contributed by atoms with Crippen LogP contribution in [0, 0.1) is 0 Å². The van der Waals surface area contributed by atoms with Crippen LogP contribution in [0.3, 0.4) is 0 Å². The average molecular weight is 252 g/mol. The summed E-state index contributed by atoms with van der Waals surface area (Å²) in [5.74, 6) is 0. The molecule has 2 heterocycles. The zero-order valence-electron chi connectivity index (χ0n) is 12.6. The molecule has 0 aromatic heterocycles. The van der Waals surface area contributed by atoms with Crippen LogP contribution >= 0.6 is 0 Å². The minimum absolute atomic E-state index is 0.0384. The van der Waals surface area contributed by atoms with Crippen LogP contribution in [0.2, 0.25) is 0 Å². The van der Waals surface area contributed by atoms with E-state index in [1.807, 2.05) is 0 Å². The Morgan fingerprint density at radius 3 is 2.17 bits per heavy atom. The first kappa shape index (κ1) is 13.9. The number of nitrogens with zero attached hydrogens (tertiary/aromatic N) is 2. The molecule has 0 spiro atoms.